The van der Waals surface area contributed by atoms with E-state index in [1.165, 1.54) is 17.7 Å². The molecular formula is C26H27FN6O2. The molecule has 0 fully saturated rings. The fourth-order valence-electron chi connectivity index (χ4n) is 4.42. The van der Waals surface area contributed by atoms with Gasteiger partial charge in [0.1, 0.15) is 11.5 Å². The summed E-state index contributed by atoms with van der Waals surface area (Å²) in [6.45, 7) is 4.96. The van der Waals surface area contributed by atoms with E-state index in [1.54, 1.807) is 11.6 Å². The molecule has 0 saturated carbocycles. The smallest absolute Gasteiger partial charge is 0.267 e. The van der Waals surface area contributed by atoms with Crippen molar-refractivity contribution in [2.75, 3.05) is 14.1 Å². The van der Waals surface area contributed by atoms with E-state index < -0.39 is 17.6 Å². The number of hydrogen-bond donors (Lipinski definition) is 2. The van der Waals surface area contributed by atoms with Gasteiger partial charge in [0.25, 0.3) is 5.91 Å². The molecule has 0 unspecified atom stereocenters. The van der Waals surface area contributed by atoms with Crippen molar-refractivity contribution in [1.29, 1.82) is 0 Å². The van der Waals surface area contributed by atoms with E-state index in [-0.39, 0.29) is 22.3 Å². The van der Waals surface area contributed by atoms with Crippen molar-refractivity contribution in [3.63, 3.8) is 0 Å². The van der Waals surface area contributed by atoms with E-state index in [0.717, 1.165) is 18.2 Å². The highest BCUT2D eigenvalue weighted by Gasteiger charge is 2.27. The molecule has 0 aliphatic heterocycles. The molecule has 2 heterocycles. The minimum Gasteiger partial charge on any atom is -0.366 e. The average molecular weight is 475 g/mol. The maximum atomic E-state index is 13.9. The van der Waals surface area contributed by atoms with E-state index in [2.05, 4.69) is 27.1 Å². The lowest BCUT2D eigenvalue weighted by atomic mass is 9.92. The zero-order valence-corrected chi connectivity index (χ0v) is 20.1. The van der Waals surface area contributed by atoms with Crippen molar-refractivity contribution in [2.45, 2.75) is 26.9 Å². The van der Waals surface area contributed by atoms with Gasteiger partial charge in [-0.25, -0.2) is 9.37 Å². The molecule has 2 aromatic heterocycles. The number of halogens is 1. The van der Waals surface area contributed by atoms with Crippen molar-refractivity contribution in [2.24, 2.45) is 11.5 Å². The maximum Gasteiger partial charge on any atom is 0.267 e. The normalized spacial score (nSPS) is 11.4. The molecule has 8 nitrogen and oxygen atoms in total. The van der Waals surface area contributed by atoms with Crippen LogP contribution in [0.4, 0.5) is 4.39 Å². The Morgan fingerprint density at radius 1 is 0.971 bits per heavy atom. The highest BCUT2D eigenvalue weighted by molar-refractivity contribution is 6.15. The van der Waals surface area contributed by atoms with Gasteiger partial charge < -0.3 is 16.4 Å². The highest BCUT2D eigenvalue weighted by atomic mass is 19.1. The summed E-state index contributed by atoms with van der Waals surface area (Å²) in [5.74, 6) is -2.18. The van der Waals surface area contributed by atoms with Gasteiger partial charge in [-0.2, -0.15) is 5.10 Å². The van der Waals surface area contributed by atoms with E-state index in [0.29, 0.717) is 28.9 Å². The van der Waals surface area contributed by atoms with Crippen molar-refractivity contribution < 1.29 is 14.0 Å². The van der Waals surface area contributed by atoms with E-state index in [4.69, 9.17) is 11.5 Å². The van der Waals surface area contributed by atoms with E-state index in [1.807, 2.05) is 33.2 Å². The molecule has 0 aliphatic rings. The molecule has 0 radical (unpaired) electrons. The Morgan fingerprint density at radius 2 is 1.63 bits per heavy atom. The molecule has 35 heavy (non-hydrogen) atoms. The Balaban J connectivity index is 1.87. The summed E-state index contributed by atoms with van der Waals surface area (Å²) in [6.07, 6.45) is 0. The van der Waals surface area contributed by atoms with E-state index in [9.17, 15) is 14.0 Å². The molecule has 4 rings (SSSR count). The van der Waals surface area contributed by atoms with Gasteiger partial charge >= 0.3 is 0 Å². The molecule has 0 spiro atoms. The molecular weight excluding hydrogens is 447 g/mol. The highest BCUT2D eigenvalue weighted by Crippen LogP contribution is 2.36. The van der Waals surface area contributed by atoms with Crippen LogP contribution < -0.4 is 11.5 Å². The average Bonchev–Trinajstić information content (AvgIpc) is 3.05. The van der Waals surface area contributed by atoms with Gasteiger partial charge in [0, 0.05) is 34.8 Å². The van der Waals surface area contributed by atoms with Crippen LogP contribution in [0.3, 0.4) is 0 Å². The van der Waals surface area contributed by atoms with E-state index >= 15 is 0 Å². The third kappa shape index (κ3) is 4.63. The monoisotopic (exact) mass is 474 g/mol. The second-order valence-corrected chi connectivity index (χ2v) is 8.86. The quantitative estimate of drug-likeness (QED) is 0.426. The van der Waals surface area contributed by atoms with Gasteiger partial charge in [-0.15, -0.1) is 0 Å². The fraction of sp³-hybridized carbons (Fsp3) is 0.231. The molecule has 9 heteroatoms. The lowest BCUT2D eigenvalue weighted by molar-refractivity contribution is 0.0996. The number of benzene rings is 2. The van der Waals surface area contributed by atoms with Crippen LogP contribution in [-0.2, 0) is 13.1 Å². The van der Waals surface area contributed by atoms with Gasteiger partial charge in [-0.05, 0) is 51.2 Å². The van der Waals surface area contributed by atoms with Crippen molar-refractivity contribution in [3.8, 4) is 11.1 Å². The SMILES string of the molecule is Cc1nn(Cc2ccc(CN(C)C)cc2)c(C)c1-c1c(C(N)=O)nc2cc(F)ccc2c1C(N)=O. The van der Waals surface area contributed by atoms with Gasteiger partial charge in [0.05, 0.1) is 23.3 Å². The minimum atomic E-state index is -0.850. The maximum absolute atomic E-state index is 13.9. The van der Waals surface area contributed by atoms with Crippen LogP contribution in [-0.4, -0.2) is 45.6 Å². The number of nitrogens with two attached hydrogens (primary N) is 2. The molecule has 0 saturated heterocycles. The molecule has 4 aromatic rings. The molecule has 2 aromatic carbocycles. The topological polar surface area (TPSA) is 120 Å². The Morgan fingerprint density at radius 3 is 2.23 bits per heavy atom. The number of aromatic nitrogens is 3. The lowest BCUT2D eigenvalue weighted by Crippen LogP contribution is -2.21. The molecule has 2 amide bonds. The number of carbonyl (C=O) groups is 2. The van der Waals surface area contributed by atoms with Gasteiger partial charge in [-0.1, -0.05) is 24.3 Å². The number of amides is 2. The predicted molar refractivity (Wildman–Crippen MR) is 132 cm³/mol. The van der Waals surface area contributed by atoms with Crippen LogP contribution in [0.15, 0.2) is 42.5 Å². The van der Waals surface area contributed by atoms with Crippen LogP contribution in [0.1, 0.15) is 43.4 Å². The van der Waals surface area contributed by atoms with Gasteiger partial charge in [-0.3, -0.25) is 14.3 Å². The number of carbonyl (C=O) groups excluding carboxylic acids is 2. The number of primary amides is 2. The molecule has 0 atom stereocenters. The first kappa shape index (κ1) is 24.0. The van der Waals surface area contributed by atoms with Gasteiger partial charge in [0.15, 0.2) is 0 Å². The second kappa shape index (κ2) is 9.27. The molecule has 0 bridgehead atoms. The van der Waals surface area contributed by atoms with Crippen molar-refractivity contribution in [3.05, 3.63) is 82.1 Å². The largest absolute Gasteiger partial charge is 0.366 e. The van der Waals surface area contributed by atoms with Crippen LogP contribution in [0.25, 0.3) is 22.0 Å². The summed E-state index contributed by atoms with van der Waals surface area (Å²) in [5.41, 5.74) is 15.7. The lowest BCUT2D eigenvalue weighted by Gasteiger charge is -2.15. The molecule has 4 N–H and O–H groups in total. The standard InChI is InChI=1S/C26H27FN6O2/c1-14-21(15(2)33(31-14)13-17-7-5-16(6-8-17)12-32(3)4)23-22(25(28)34)19-10-9-18(27)11-20(19)30-24(23)26(29)35/h5-11H,12-13H2,1-4H3,(H2,28,34)(H2,29,35). The summed E-state index contributed by atoms with van der Waals surface area (Å²) >= 11 is 0. The summed E-state index contributed by atoms with van der Waals surface area (Å²) in [4.78, 5) is 31.4. The fourth-order valence-corrected chi connectivity index (χ4v) is 4.42. The first-order valence-electron chi connectivity index (χ1n) is 11.1. The number of hydrogen-bond acceptors (Lipinski definition) is 5. The van der Waals surface area contributed by atoms with Gasteiger partial charge in [0.2, 0.25) is 5.91 Å². The third-order valence-electron chi connectivity index (χ3n) is 5.91. The first-order valence-corrected chi connectivity index (χ1v) is 11.1. The third-order valence-corrected chi connectivity index (χ3v) is 5.91. The zero-order chi connectivity index (χ0) is 25.4. The molecule has 180 valence electrons. The van der Waals surface area contributed by atoms with Crippen molar-refractivity contribution >= 4 is 22.7 Å². The number of fused-ring (bicyclic) bond motifs is 1. The Labute approximate surface area is 202 Å². The Hall–Kier alpha value is -4.11. The Bertz CT molecular complexity index is 1460. The number of rotatable bonds is 7. The van der Waals surface area contributed by atoms with Crippen molar-refractivity contribution in [1.82, 2.24) is 19.7 Å². The summed E-state index contributed by atoms with van der Waals surface area (Å²) < 4.78 is 15.7. The van der Waals surface area contributed by atoms with Crippen LogP contribution in [0.2, 0.25) is 0 Å². The zero-order valence-electron chi connectivity index (χ0n) is 20.1. The number of nitrogens with zero attached hydrogens (tertiary/aromatic N) is 4. The summed E-state index contributed by atoms with van der Waals surface area (Å²) in [6, 6.07) is 12.0. The van der Waals surface area contributed by atoms with Crippen LogP contribution in [0.5, 0.6) is 0 Å². The molecule has 0 aliphatic carbocycles. The van der Waals surface area contributed by atoms with Crippen LogP contribution in [0, 0.1) is 19.7 Å². The predicted octanol–water partition coefficient (Wildman–Crippen LogP) is 3.16. The second-order valence-electron chi connectivity index (χ2n) is 8.86. The summed E-state index contributed by atoms with van der Waals surface area (Å²) in [5, 5.41) is 5.00. The van der Waals surface area contributed by atoms with Crippen LogP contribution >= 0.6 is 0 Å². The summed E-state index contributed by atoms with van der Waals surface area (Å²) in [7, 11) is 4.04. The number of pyridine rings is 1. The minimum absolute atomic E-state index is 0.0580. The first-order chi connectivity index (χ1) is 16.6. The number of aryl methyl sites for hydroxylation is 1. The Kier molecular flexibility index (Phi) is 6.36.